The minimum absolute atomic E-state index is 0.0346. The second-order valence-corrected chi connectivity index (χ2v) is 8.29. The van der Waals surface area contributed by atoms with Crippen LogP contribution in [-0.2, 0) is 27.3 Å². The molecule has 0 bridgehead atoms. The number of fused-ring (bicyclic) bond motifs is 2. The summed E-state index contributed by atoms with van der Waals surface area (Å²) in [5.74, 6) is -0.911. The summed E-state index contributed by atoms with van der Waals surface area (Å²) in [4.78, 5) is 55.5. The Labute approximate surface area is 182 Å². The van der Waals surface area contributed by atoms with Crippen molar-refractivity contribution in [2.75, 3.05) is 11.4 Å². The number of hydrogen-bond donors (Lipinski definition) is 0. The number of anilines is 1. The van der Waals surface area contributed by atoms with Gasteiger partial charge in [0.1, 0.15) is 4.83 Å². The number of ether oxygens (including phenoxy) is 1. The van der Waals surface area contributed by atoms with Crippen LogP contribution >= 0.6 is 11.3 Å². The fraction of sp³-hybridized carbons (Fsp3) is 0.318. The molecule has 4 rings (SSSR count). The van der Waals surface area contributed by atoms with Gasteiger partial charge in [-0.15, -0.1) is 11.3 Å². The van der Waals surface area contributed by atoms with Gasteiger partial charge >= 0.3 is 5.97 Å². The fourth-order valence-corrected chi connectivity index (χ4v) is 4.41. The second-order valence-electron chi connectivity index (χ2n) is 7.39. The van der Waals surface area contributed by atoms with Gasteiger partial charge in [0.15, 0.2) is 6.10 Å². The second kappa shape index (κ2) is 8.43. The average molecular weight is 439 g/mol. The highest BCUT2D eigenvalue weighted by atomic mass is 32.1. The molecule has 0 aliphatic carbocycles. The number of ketones is 1. The Hall–Kier alpha value is -3.33. The predicted molar refractivity (Wildman–Crippen MR) is 117 cm³/mol. The maximum Gasteiger partial charge on any atom is 0.308 e. The third kappa shape index (κ3) is 4.13. The summed E-state index contributed by atoms with van der Waals surface area (Å²) >= 11 is 1.38. The summed E-state index contributed by atoms with van der Waals surface area (Å²) < 4.78 is 6.66. The lowest BCUT2D eigenvalue weighted by Gasteiger charge is -2.16. The number of aryl methyl sites for hydroxylation is 1. The Morgan fingerprint density at radius 1 is 1.26 bits per heavy atom. The number of amides is 1. The van der Waals surface area contributed by atoms with Crippen molar-refractivity contribution < 1.29 is 19.1 Å². The molecule has 1 aliphatic heterocycles. The lowest BCUT2D eigenvalue weighted by molar-refractivity contribution is -0.146. The molecular formula is C22H21N3O5S. The molecule has 31 heavy (non-hydrogen) atoms. The molecule has 9 heteroatoms. The van der Waals surface area contributed by atoms with Crippen LogP contribution in [0.5, 0.6) is 0 Å². The molecule has 1 unspecified atom stereocenters. The van der Waals surface area contributed by atoms with Gasteiger partial charge in [0.05, 0.1) is 18.1 Å². The molecule has 3 aromatic rings. The van der Waals surface area contributed by atoms with Gasteiger partial charge in [0, 0.05) is 31.3 Å². The molecule has 1 aliphatic rings. The first kappa shape index (κ1) is 20.9. The van der Waals surface area contributed by atoms with Crippen molar-refractivity contribution in [1.82, 2.24) is 9.55 Å². The highest BCUT2D eigenvalue weighted by molar-refractivity contribution is 7.16. The van der Waals surface area contributed by atoms with Crippen LogP contribution in [0.25, 0.3) is 10.2 Å². The minimum atomic E-state index is -0.954. The predicted octanol–water partition coefficient (Wildman–Crippen LogP) is 2.57. The molecule has 1 atom stereocenters. The molecule has 160 valence electrons. The van der Waals surface area contributed by atoms with Crippen molar-refractivity contribution >= 4 is 44.9 Å². The maximum atomic E-state index is 12.7. The molecule has 1 amide bonds. The SMILES string of the molecule is CC(=O)N1CCc2cc(C(=O)C(C)OC(=O)CCn3cnc4sccc4c3=O)ccc21. The Morgan fingerprint density at radius 2 is 2.06 bits per heavy atom. The zero-order chi connectivity index (χ0) is 22.1. The van der Waals surface area contributed by atoms with E-state index in [1.54, 1.807) is 34.5 Å². The fourth-order valence-electron chi connectivity index (χ4n) is 3.69. The Kier molecular flexibility index (Phi) is 5.69. The summed E-state index contributed by atoms with van der Waals surface area (Å²) in [5, 5.41) is 2.31. The van der Waals surface area contributed by atoms with Crippen LogP contribution in [-0.4, -0.2) is 39.9 Å². The number of rotatable bonds is 6. The molecular weight excluding hydrogens is 418 g/mol. The molecule has 0 spiro atoms. The van der Waals surface area contributed by atoms with Crippen molar-refractivity contribution in [2.45, 2.75) is 39.3 Å². The van der Waals surface area contributed by atoms with E-state index in [1.165, 1.54) is 36.1 Å². The van der Waals surface area contributed by atoms with Crippen LogP contribution in [0.15, 0.2) is 40.8 Å². The number of aromatic nitrogens is 2. The van der Waals surface area contributed by atoms with Crippen molar-refractivity contribution in [2.24, 2.45) is 0 Å². The van der Waals surface area contributed by atoms with E-state index in [0.29, 0.717) is 28.7 Å². The van der Waals surface area contributed by atoms with Gasteiger partial charge in [-0.1, -0.05) is 0 Å². The number of carbonyl (C=O) groups is 3. The number of benzene rings is 1. The Balaban J connectivity index is 1.37. The van der Waals surface area contributed by atoms with E-state index in [4.69, 9.17) is 4.74 Å². The molecule has 8 nitrogen and oxygen atoms in total. The highest BCUT2D eigenvalue weighted by Crippen LogP contribution is 2.29. The molecule has 0 saturated heterocycles. The molecule has 0 fully saturated rings. The van der Waals surface area contributed by atoms with E-state index in [-0.39, 0.29) is 30.2 Å². The first-order valence-electron chi connectivity index (χ1n) is 9.92. The summed E-state index contributed by atoms with van der Waals surface area (Å²) in [6.45, 7) is 3.76. The number of thiophene rings is 1. The van der Waals surface area contributed by atoms with Crippen LogP contribution in [0.3, 0.4) is 0 Å². The zero-order valence-corrected chi connectivity index (χ0v) is 18.0. The van der Waals surface area contributed by atoms with Crippen molar-refractivity contribution in [3.8, 4) is 0 Å². The number of esters is 1. The summed E-state index contributed by atoms with van der Waals surface area (Å²) in [6.07, 6.45) is 1.09. The average Bonchev–Trinajstić information content (AvgIpc) is 3.39. The van der Waals surface area contributed by atoms with Gasteiger partial charge in [0.25, 0.3) is 5.56 Å². The smallest absolute Gasteiger partial charge is 0.308 e. The quantitative estimate of drug-likeness (QED) is 0.432. The van der Waals surface area contributed by atoms with E-state index < -0.39 is 12.1 Å². The zero-order valence-electron chi connectivity index (χ0n) is 17.2. The van der Waals surface area contributed by atoms with Crippen LogP contribution in [0.2, 0.25) is 0 Å². The number of hydrogen-bond acceptors (Lipinski definition) is 7. The first-order valence-corrected chi connectivity index (χ1v) is 10.8. The standard InChI is InChI=1S/C22H21N3O5S/c1-13(20(28)16-3-4-18-15(11-16)5-9-25(18)14(2)26)30-19(27)6-8-24-12-23-21-17(22(24)29)7-10-31-21/h3-4,7,10-13H,5-6,8-9H2,1-2H3. The van der Waals surface area contributed by atoms with Crippen LogP contribution in [0.1, 0.15) is 36.2 Å². The minimum Gasteiger partial charge on any atom is -0.454 e. The van der Waals surface area contributed by atoms with Gasteiger partial charge < -0.3 is 9.64 Å². The molecule has 2 aromatic heterocycles. The highest BCUT2D eigenvalue weighted by Gasteiger charge is 2.25. The monoisotopic (exact) mass is 439 g/mol. The van der Waals surface area contributed by atoms with Crippen molar-refractivity contribution in [1.29, 1.82) is 0 Å². The van der Waals surface area contributed by atoms with E-state index in [9.17, 15) is 19.2 Å². The topological polar surface area (TPSA) is 98.6 Å². The van der Waals surface area contributed by atoms with E-state index >= 15 is 0 Å². The van der Waals surface area contributed by atoms with Crippen molar-refractivity contribution in [3.05, 3.63) is 57.5 Å². The maximum absolute atomic E-state index is 12.7. The normalized spacial score (nSPS) is 13.8. The Bertz CT molecular complexity index is 1250. The van der Waals surface area contributed by atoms with Crippen molar-refractivity contribution in [3.63, 3.8) is 0 Å². The Morgan fingerprint density at radius 3 is 2.84 bits per heavy atom. The van der Waals surface area contributed by atoms with Gasteiger partial charge in [0.2, 0.25) is 11.7 Å². The number of Topliss-reactive ketones (excluding diaryl/α,β-unsaturated/α-hetero) is 1. The molecule has 0 saturated carbocycles. The lowest BCUT2D eigenvalue weighted by Crippen LogP contribution is -2.27. The molecule has 0 radical (unpaired) electrons. The van der Waals surface area contributed by atoms with Gasteiger partial charge in [-0.05, 0) is 48.6 Å². The van der Waals surface area contributed by atoms with Crippen LogP contribution < -0.4 is 10.5 Å². The van der Waals surface area contributed by atoms with Crippen LogP contribution in [0, 0.1) is 0 Å². The number of carbonyl (C=O) groups excluding carboxylic acids is 3. The van der Waals surface area contributed by atoms with E-state index in [0.717, 1.165) is 11.3 Å². The lowest BCUT2D eigenvalue weighted by atomic mass is 10.0. The van der Waals surface area contributed by atoms with Gasteiger partial charge in [-0.25, -0.2) is 4.98 Å². The molecule has 1 aromatic carbocycles. The third-order valence-electron chi connectivity index (χ3n) is 5.32. The van der Waals surface area contributed by atoms with E-state index in [1.807, 2.05) is 0 Å². The summed E-state index contributed by atoms with van der Waals surface area (Å²) in [5.41, 5.74) is 1.97. The van der Waals surface area contributed by atoms with Crippen LogP contribution in [0.4, 0.5) is 5.69 Å². The molecule has 0 N–H and O–H groups in total. The van der Waals surface area contributed by atoms with Gasteiger partial charge in [-0.3, -0.25) is 23.7 Å². The van der Waals surface area contributed by atoms with Gasteiger partial charge in [-0.2, -0.15) is 0 Å². The molecule has 3 heterocycles. The number of nitrogens with zero attached hydrogens (tertiary/aromatic N) is 3. The first-order chi connectivity index (χ1) is 14.8. The third-order valence-corrected chi connectivity index (χ3v) is 6.15. The van der Waals surface area contributed by atoms with E-state index in [2.05, 4.69) is 4.98 Å². The summed E-state index contributed by atoms with van der Waals surface area (Å²) in [6, 6.07) is 6.86. The summed E-state index contributed by atoms with van der Waals surface area (Å²) in [7, 11) is 0. The largest absolute Gasteiger partial charge is 0.454 e.